The summed E-state index contributed by atoms with van der Waals surface area (Å²) in [6.07, 6.45) is 0. The molecule has 2 aromatic rings. The van der Waals surface area contributed by atoms with Gasteiger partial charge in [-0.1, -0.05) is 30.3 Å². The first-order chi connectivity index (χ1) is 9.56. The highest BCUT2D eigenvalue weighted by molar-refractivity contribution is 5.51. The zero-order chi connectivity index (χ0) is 15.0. The number of hydrogen-bond donors (Lipinski definition) is 0. The highest BCUT2D eigenvalue weighted by Crippen LogP contribution is 2.24. The van der Waals surface area contributed by atoms with Crippen LogP contribution in [0.25, 0.3) is 0 Å². The topological polar surface area (TPSA) is 110 Å². The third kappa shape index (κ3) is 4.19. The number of benzene rings is 2. The maximum absolute atomic E-state index is 10.2. The van der Waals surface area contributed by atoms with Crippen LogP contribution in [0.4, 0.5) is 11.4 Å². The van der Waals surface area contributed by atoms with Gasteiger partial charge in [0.25, 0.3) is 0 Å². The van der Waals surface area contributed by atoms with Crippen LogP contribution in [0.15, 0.2) is 54.6 Å². The Morgan fingerprint density at radius 3 is 1.50 bits per heavy atom. The second-order valence-corrected chi connectivity index (χ2v) is 3.48. The first-order valence-electron chi connectivity index (χ1n) is 5.39. The third-order valence-electron chi connectivity index (χ3n) is 2.18. The molecule has 0 saturated carbocycles. The summed E-state index contributed by atoms with van der Waals surface area (Å²) in [6, 6.07) is 16.1. The summed E-state index contributed by atoms with van der Waals surface area (Å²) in [6.45, 7) is 0. The minimum absolute atomic E-state index is 0.484. The lowest BCUT2D eigenvalue weighted by Gasteiger charge is -1.91. The van der Waals surface area contributed by atoms with Crippen LogP contribution in [0.2, 0.25) is 0 Å². The van der Waals surface area contributed by atoms with Gasteiger partial charge in [-0.3, -0.25) is 20.2 Å². The molecule has 0 aliphatic heterocycles. The molecule has 0 bridgehead atoms. The predicted molar refractivity (Wildman–Crippen MR) is 70.9 cm³/mol. The molecule has 0 radical (unpaired) electrons. The zero-order valence-corrected chi connectivity index (χ0v) is 10.2. The second-order valence-electron chi connectivity index (χ2n) is 3.48. The summed E-state index contributed by atoms with van der Waals surface area (Å²) in [7, 11) is 0. The number of nitro groups is 2. The first-order valence-corrected chi connectivity index (χ1v) is 5.39. The van der Waals surface area contributed by atoms with Crippen molar-refractivity contribution >= 4 is 11.4 Å². The van der Waals surface area contributed by atoms with Crippen molar-refractivity contribution in [3.8, 4) is 6.07 Å². The van der Waals surface area contributed by atoms with Crippen LogP contribution >= 0.6 is 0 Å². The molecule has 0 amide bonds. The molecular formula is C13H9N3O4. The monoisotopic (exact) mass is 271 g/mol. The lowest BCUT2D eigenvalue weighted by atomic mass is 10.2. The van der Waals surface area contributed by atoms with Crippen LogP contribution < -0.4 is 0 Å². The largest absolute Gasteiger partial charge is 0.346 e. The Hall–Kier alpha value is -3.27. The number of nitriles is 1. The van der Waals surface area contributed by atoms with E-state index in [1.807, 2.05) is 24.3 Å². The molecule has 7 heteroatoms. The van der Waals surface area contributed by atoms with Gasteiger partial charge in [0, 0.05) is 12.1 Å². The van der Waals surface area contributed by atoms with Gasteiger partial charge in [-0.05, 0) is 12.1 Å². The van der Waals surface area contributed by atoms with Crippen LogP contribution in [0.5, 0.6) is 0 Å². The fourth-order valence-electron chi connectivity index (χ4n) is 1.29. The lowest BCUT2D eigenvalue weighted by Crippen LogP contribution is -1.95. The molecular weight excluding hydrogens is 262 g/mol. The summed E-state index contributed by atoms with van der Waals surface area (Å²) in [5, 5.41) is 28.7. The van der Waals surface area contributed by atoms with Gasteiger partial charge < -0.3 is 0 Å². The number of hydrogen-bond acceptors (Lipinski definition) is 5. The fourth-order valence-corrected chi connectivity index (χ4v) is 1.29. The van der Waals surface area contributed by atoms with Gasteiger partial charge in [0.05, 0.1) is 21.5 Å². The Morgan fingerprint density at radius 1 is 0.800 bits per heavy atom. The van der Waals surface area contributed by atoms with Gasteiger partial charge in [0.15, 0.2) is 0 Å². The second kappa shape index (κ2) is 7.23. The molecule has 0 saturated heterocycles. The van der Waals surface area contributed by atoms with Crippen LogP contribution in [0.1, 0.15) is 5.56 Å². The summed E-state index contributed by atoms with van der Waals surface area (Å²) < 4.78 is 0. The molecule has 20 heavy (non-hydrogen) atoms. The Bertz CT molecular complexity index is 617. The van der Waals surface area contributed by atoms with E-state index in [9.17, 15) is 20.2 Å². The average molecular weight is 271 g/mol. The van der Waals surface area contributed by atoms with Gasteiger partial charge >= 0.3 is 11.4 Å². The van der Waals surface area contributed by atoms with E-state index in [4.69, 9.17) is 5.26 Å². The Morgan fingerprint density at radius 2 is 1.20 bits per heavy atom. The summed E-state index contributed by atoms with van der Waals surface area (Å²) >= 11 is 0. The molecule has 2 aromatic carbocycles. The normalized spacial score (nSPS) is 8.75. The highest BCUT2D eigenvalue weighted by Gasteiger charge is 2.21. The van der Waals surface area contributed by atoms with Crippen molar-refractivity contribution in [1.29, 1.82) is 5.26 Å². The number of nitrogens with zero attached hydrogens (tertiary/aromatic N) is 3. The van der Waals surface area contributed by atoms with Crippen LogP contribution in [-0.2, 0) is 0 Å². The molecule has 0 heterocycles. The molecule has 0 fully saturated rings. The van der Waals surface area contributed by atoms with E-state index in [2.05, 4.69) is 0 Å². The lowest BCUT2D eigenvalue weighted by molar-refractivity contribution is -0.422. The highest BCUT2D eigenvalue weighted by atomic mass is 16.6. The quantitative estimate of drug-likeness (QED) is 0.615. The predicted octanol–water partition coefficient (Wildman–Crippen LogP) is 3.06. The van der Waals surface area contributed by atoms with Gasteiger partial charge in [-0.25, -0.2) is 0 Å². The summed E-state index contributed by atoms with van der Waals surface area (Å²) in [5.41, 5.74) is -0.252. The van der Waals surface area contributed by atoms with E-state index in [0.717, 1.165) is 12.1 Å². The summed E-state index contributed by atoms with van der Waals surface area (Å²) in [4.78, 5) is 18.9. The Kier molecular flexibility index (Phi) is 5.34. The van der Waals surface area contributed by atoms with Crippen molar-refractivity contribution in [1.82, 2.24) is 0 Å². The summed E-state index contributed by atoms with van der Waals surface area (Å²) in [5.74, 6) is 0. The van der Waals surface area contributed by atoms with Crippen LogP contribution in [0.3, 0.4) is 0 Å². The molecule has 0 aliphatic carbocycles. The number of para-hydroxylation sites is 2. The van der Waals surface area contributed by atoms with E-state index < -0.39 is 21.2 Å². The maximum Gasteiger partial charge on any atom is 0.346 e. The van der Waals surface area contributed by atoms with Crippen molar-refractivity contribution in [2.24, 2.45) is 0 Å². The average Bonchev–Trinajstić information content (AvgIpc) is 2.48. The molecule has 100 valence electrons. The van der Waals surface area contributed by atoms with Crippen LogP contribution in [-0.4, -0.2) is 9.85 Å². The minimum Gasteiger partial charge on any atom is -0.258 e. The first kappa shape index (κ1) is 14.8. The molecule has 0 N–H and O–H groups in total. The smallest absolute Gasteiger partial charge is 0.258 e. The van der Waals surface area contributed by atoms with E-state index in [-0.39, 0.29) is 0 Å². The molecule has 7 nitrogen and oxygen atoms in total. The molecule has 0 aliphatic rings. The molecule has 0 atom stereocenters. The van der Waals surface area contributed by atoms with E-state index in [1.165, 1.54) is 12.1 Å². The van der Waals surface area contributed by atoms with Crippen molar-refractivity contribution in [3.63, 3.8) is 0 Å². The third-order valence-corrected chi connectivity index (χ3v) is 2.18. The van der Waals surface area contributed by atoms with E-state index >= 15 is 0 Å². The fraction of sp³-hybridized carbons (Fsp3) is 0. The van der Waals surface area contributed by atoms with Gasteiger partial charge in [-0.15, -0.1) is 0 Å². The van der Waals surface area contributed by atoms with Gasteiger partial charge in [-0.2, -0.15) is 5.26 Å². The van der Waals surface area contributed by atoms with Crippen molar-refractivity contribution < 1.29 is 9.85 Å². The van der Waals surface area contributed by atoms with Gasteiger partial charge in [0.2, 0.25) is 0 Å². The Balaban J connectivity index is 0.000000217. The standard InChI is InChI=1S/C7H5N.C6H4N2O4/c8-6-7-4-2-1-3-5-7;9-7(10)5-3-1-2-4-6(5)8(11)12/h1-5H;1-4H. The van der Waals surface area contributed by atoms with Crippen molar-refractivity contribution in [2.45, 2.75) is 0 Å². The molecule has 0 spiro atoms. The number of rotatable bonds is 2. The minimum atomic E-state index is -0.780. The Labute approximate surface area is 114 Å². The van der Waals surface area contributed by atoms with E-state index in [1.54, 1.807) is 12.1 Å². The van der Waals surface area contributed by atoms with Crippen molar-refractivity contribution in [3.05, 3.63) is 80.4 Å². The van der Waals surface area contributed by atoms with Gasteiger partial charge in [0.1, 0.15) is 0 Å². The zero-order valence-electron chi connectivity index (χ0n) is 10.2. The van der Waals surface area contributed by atoms with E-state index in [0.29, 0.717) is 5.56 Å². The van der Waals surface area contributed by atoms with Crippen LogP contribution in [0, 0.1) is 31.6 Å². The molecule has 2 rings (SSSR count). The number of nitro benzene ring substituents is 2. The molecule has 0 aromatic heterocycles. The SMILES string of the molecule is N#Cc1ccccc1.O=[N+]([O-])c1ccccc1[N+](=O)[O-]. The maximum atomic E-state index is 10.2. The van der Waals surface area contributed by atoms with Crippen molar-refractivity contribution in [2.75, 3.05) is 0 Å². The molecule has 0 unspecified atom stereocenters.